The number of methoxy groups -OCH3 is 2. The molecule has 5 heterocycles. The zero-order valence-corrected chi connectivity index (χ0v) is 36.1. The van der Waals surface area contributed by atoms with Gasteiger partial charge in [0.2, 0.25) is 0 Å². The summed E-state index contributed by atoms with van der Waals surface area (Å²) < 4.78 is 102. The molecule has 0 aliphatic carbocycles. The zero-order chi connectivity index (χ0) is 42.6. The number of fused-ring (bicyclic) bond motifs is 10. The average Bonchev–Trinajstić information content (AvgIpc) is 4.07. The first-order chi connectivity index (χ1) is 30.0. The monoisotopic (exact) mass is 892 g/mol. The molecule has 302 valence electrons. The van der Waals surface area contributed by atoms with E-state index in [-0.39, 0.29) is 80.8 Å². The van der Waals surface area contributed by atoms with Gasteiger partial charge in [0.1, 0.15) is 46.4 Å². The molecule has 0 atom stereocenters. The quantitative estimate of drug-likeness (QED) is 0.127. The van der Waals surface area contributed by atoms with Gasteiger partial charge in [-0.05, 0) is 135 Å². The number of ether oxygens (including phenoxy) is 2. The first kappa shape index (κ1) is 39.9. The zero-order valence-electron chi connectivity index (χ0n) is 33.1. The molecule has 2 aliphatic heterocycles. The van der Waals surface area contributed by atoms with Gasteiger partial charge in [0.05, 0.1) is 37.0 Å². The SMILES string of the molecule is COc1ccc2c3c4nc(c(-c5cc(F)cc(F)c5)c5ccc([n-]5)c(-c5cc(F)cc(F)c5)c5nc(c(-c6cc(F)cc(F)c6)c6cc(c3[n-]6)c3c(OC)ccc1c23)C=C5)C=C4.[Zn+2]. The van der Waals surface area contributed by atoms with Crippen molar-refractivity contribution in [2.75, 3.05) is 14.2 Å². The molecule has 0 radical (unpaired) electrons. The Labute approximate surface area is 366 Å². The van der Waals surface area contributed by atoms with Crippen LogP contribution in [0.3, 0.4) is 0 Å². The van der Waals surface area contributed by atoms with Crippen LogP contribution in [0.15, 0.2) is 97.1 Å². The standard InChI is InChI=1S/C50H26F6N4O2.Zn/c1-61-42-11-4-33-47-32(42)3-12-43(62-2)49(47)34-22-41-46(25-17-30(55)21-31(56)18-25)39-8-7-37(58-39)44(23-13-26(51)19-27(52)14-23)35-5-6-36(57-35)45(24-15-28(53)20-29(54)16-24)38-9-10-40(59-38)48(33)50(34)60-41;/h3-22H,1-2H3;/q-2;+2. The van der Waals surface area contributed by atoms with Crippen LogP contribution in [-0.2, 0) is 19.5 Å². The van der Waals surface area contributed by atoms with Gasteiger partial charge in [0.15, 0.2) is 0 Å². The summed E-state index contributed by atoms with van der Waals surface area (Å²) in [6.45, 7) is 0. The molecule has 0 unspecified atom stereocenters. The summed E-state index contributed by atoms with van der Waals surface area (Å²) in [7, 11) is 3.13. The minimum absolute atomic E-state index is 0. The maximum absolute atomic E-state index is 15.2. The van der Waals surface area contributed by atoms with E-state index in [9.17, 15) is 0 Å². The normalized spacial score (nSPS) is 12.2. The van der Waals surface area contributed by atoms with Crippen molar-refractivity contribution in [1.82, 2.24) is 19.9 Å². The van der Waals surface area contributed by atoms with Crippen molar-refractivity contribution in [3.8, 4) is 44.9 Å². The predicted molar refractivity (Wildman–Crippen MR) is 230 cm³/mol. The van der Waals surface area contributed by atoms with E-state index >= 15 is 26.3 Å². The van der Waals surface area contributed by atoms with Crippen molar-refractivity contribution in [1.29, 1.82) is 0 Å². The van der Waals surface area contributed by atoms with E-state index in [0.717, 1.165) is 46.5 Å². The Morgan fingerprint density at radius 1 is 0.397 bits per heavy atom. The number of hydrogen-bond donors (Lipinski definition) is 0. The van der Waals surface area contributed by atoms with E-state index in [1.54, 1.807) is 56.7 Å². The average molecular weight is 894 g/mol. The molecule has 6 nitrogen and oxygen atoms in total. The fourth-order valence-electron chi connectivity index (χ4n) is 8.84. The van der Waals surface area contributed by atoms with Crippen molar-refractivity contribution in [3.05, 3.63) is 155 Å². The summed E-state index contributed by atoms with van der Waals surface area (Å²) in [5.41, 5.74) is 3.44. The van der Waals surface area contributed by atoms with Gasteiger partial charge < -0.3 is 19.4 Å². The molecule has 13 heteroatoms. The van der Waals surface area contributed by atoms with Crippen LogP contribution in [0.2, 0.25) is 0 Å². The van der Waals surface area contributed by atoms with Crippen molar-refractivity contribution in [2.45, 2.75) is 0 Å². The van der Waals surface area contributed by atoms with Crippen LogP contribution in [0, 0.1) is 34.9 Å². The Balaban J connectivity index is 0.00000471. The summed E-state index contributed by atoms with van der Waals surface area (Å²) in [6, 6.07) is 21.7. The van der Waals surface area contributed by atoms with Crippen LogP contribution in [-0.4, -0.2) is 24.2 Å². The van der Waals surface area contributed by atoms with Crippen molar-refractivity contribution in [2.24, 2.45) is 0 Å². The van der Waals surface area contributed by atoms with E-state index in [0.29, 0.717) is 44.6 Å². The minimum atomic E-state index is -0.862. The third kappa shape index (κ3) is 6.45. The summed E-state index contributed by atoms with van der Waals surface area (Å²) >= 11 is 0. The maximum atomic E-state index is 15.2. The summed E-state index contributed by atoms with van der Waals surface area (Å²) in [5, 5.41) is 4.12. The molecule has 0 amide bonds. The van der Waals surface area contributed by atoms with Crippen LogP contribution in [0.25, 0.3) is 112 Å². The minimum Gasteiger partial charge on any atom is -0.657 e. The third-order valence-electron chi connectivity index (χ3n) is 11.3. The Kier molecular flexibility index (Phi) is 9.49. The molecule has 3 aromatic heterocycles. The molecule has 11 rings (SSSR count). The predicted octanol–water partition coefficient (Wildman–Crippen LogP) is 12.7. The Bertz CT molecular complexity index is 3590. The van der Waals surface area contributed by atoms with Crippen LogP contribution < -0.4 is 19.4 Å². The number of benzene rings is 6. The molecule has 9 aromatic rings. The second-order valence-corrected chi connectivity index (χ2v) is 14.9. The van der Waals surface area contributed by atoms with Gasteiger partial charge in [-0.2, -0.15) is 0 Å². The maximum Gasteiger partial charge on any atom is 2.00 e. The molecule has 0 saturated heterocycles. The number of nitrogens with zero attached hydrogens (tertiary/aromatic N) is 4. The van der Waals surface area contributed by atoms with E-state index in [1.807, 2.05) is 24.3 Å². The fourth-order valence-corrected chi connectivity index (χ4v) is 8.84. The van der Waals surface area contributed by atoms with Gasteiger partial charge in [-0.3, -0.25) is 0 Å². The molecule has 0 fully saturated rings. The first-order valence-electron chi connectivity index (χ1n) is 19.2. The van der Waals surface area contributed by atoms with E-state index in [4.69, 9.17) is 29.4 Å². The molecule has 6 aromatic carbocycles. The van der Waals surface area contributed by atoms with Crippen LogP contribution >= 0.6 is 0 Å². The van der Waals surface area contributed by atoms with Gasteiger partial charge in [-0.25, -0.2) is 36.3 Å². The molecular formula is C50H26F6N4O2Zn. The van der Waals surface area contributed by atoms with Crippen molar-refractivity contribution >= 4 is 78.7 Å². The van der Waals surface area contributed by atoms with Crippen molar-refractivity contribution in [3.63, 3.8) is 0 Å². The molecule has 0 spiro atoms. The van der Waals surface area contributed by atoms with Gasteiger partial charge in [-0.1, -0.05) is 18.2 Å². The topological polar surface area (TPSA) is 72.4 Å². The smallest absolute Gasteiger partial charge is 0.657 e. The van der Waals surface area contributed by atoms with Crippen LogP contribution in [0.1, 0.15) is 22.8 Å². The summed E-state index contributed by atoms with van der Waals surface area (Å²) in [4.78, 5) is 20.2. The largest absolute Gasteiger partial charge is 2.00 e. The second-order valence-electron chi connectivity index (χ2n) is 14.9. The van der Waals surface area contributed by atoms with Gasteiger partial charge in [0, 0.05) is 34.4 Å². The molecule has 0 N–H and O–H groups in total. The number of aromatic nitrogens is 4. The molecule has 2 aliphatic rings. The Morgan fingerprint density at radius 3 is 1.32 bits per heavy atom. The van der Waals surface area contributed by atoms with Gasteiger partial charge in [0.25, 0.3) is 0 Å². The number of rotatable bonds is 5. The Hall–Kier alpha value is -7.24. The van der Waals surface area contributed by atoms with Crippen LogP contribution in [0.4, 0.5) is 26.3 Å². The first-order valence-corrected chi connectivity index (χ1v) is 19.2. The van der Waals surface area contributed by atoms with Crippen molar-refractivity contribution < 1.29 is 55.3 Å². The molecule has 63 heavy (non-hydrogen) atoms. The fraction of sp³-hybridized carbons (Fsp3) is 0.0400. The summed E-state index contributed by atoms with van der Waals surface area (Å²) in [5.74, 6) is -3.95. The molecule has 0 saturated carbocycles. The number of halogens is 6. The second kappa shape index (κ2) is 15.0. The van der Waals surface area contributed by atoms with E-state index < -0.39 is 34.9 Å². The molecular weight excluding hydrogens is 868 g/mol. The molecule has 8 bridgehead atoms. The number of hydrogen-bond acceptors (Lipinski definition) is 4. The van der Waals surface area contributed by atoms with E-state index in [1.165, 1.54) is 24.3 Å². The third-order valence-corrected chi connectivity index (χ3v) is 11.3. The summed E-state index contributed by atoms with van der Waals surface area (Å²) in [6.07, 6.45) is 6.72. The van der Waals surface area contributed by atoms with Crippen LogP contribution in [0.5, 0.6) is 11.5 Å². The Morgan fingerprint density at radius 2 is 0.825 bits per heavy atom. The van der Waals surface area contributed by atoms with E-state index in [2.05, 4.69) is 0 Å². The van der Waals surface area contributed by atoms with Gasteiger partial charge >= 0.3 is 19.5 Å². The van der Waals surface area contributed by atoms with Gasteiger partial charge in [-0.15, -0.1) is 22.1 Å².